The van der Waals surface area contributed by atoms with Crippen molar-refractivity contribution in [3.8, 4) is 0 Å². The minimum atomic E-state index is -1.37. The first-order chi connectivity index (χ1) is 26.3. The normalized spacial score (nSPS) is 19.9. The number of nitrogens with zero attached hydrogens (tertiary/aromatic N) is 1. The van der Waals surface area contributed by atoms with Gasteiger partial charge >= 0.3 is 17.9 Å². The summed E-state index contributed by atoms with van der Waals surface area (Å²) in [6.45, 7) is -0.407. The lowest BCUT2D eigenvalue weighted by Crippen LogP contribution is -2.42. The lowest BCUT2D eigenvalue weighted by molar-refractivity contribution is -0.0605. The molecule has 1 amide bonds. The van der Waals surface area contributed by atoms with Gasteiger partial charge in [0.2, 0.25) is 5.43 Å². The highest BCUT2D eigenvalue weighted by atomic mass is 35.5. The Morgan fingerprint density at radius 3 is 1.87 bits per heavy atom. The topological polar surface area (TPSA) is 139 Å². The van der Waals surface area contributed by atoms with E-state index in [0.717, 1.165) is 32.1 Å². The zero-order valence-corrected chi connectivity index (χ0v) is 29.9. The van der Waals surface area contributed by atoms with Gasteiger partial charge in [-0.05, 0) is 67.4 Å². The van der Waals surface area contributed by atoms with Crippen molar-refractivity contribution in [3.63, 3.8) is 0 Å². The lowest BCUT2D eigenvalue weighted by Gasteiger charge is -2.27. The molecule has 276 valence electrons. The maximum atomic E-state index is 13.9. The van der Waals surface area contributed by atoms with Gasteiger partial charge < -0.3 is 28.8 Å². The predicted molar refractivity (Wildman–Crippen MR) is 199 cm³/mol. The van der Waals surface area contributed by atoms with Crippen molar-refractivity contribution in [1.29, 1.82) is 0 Å². The molecule has 0 bridgehead atoms. The van der Waals surface area contributed by atoms with E-state index in [1.54, 1.807) is 103 Å². The number of pyridine rings is 1. The number of carbonyl (C=O) groups excluding carboxylic acids is 4. The first-order valence-corrected chi connectivity index (χ1v) is 18.2. The molecule has 2 aliphatic rings. The molecule has 1 N–H and O–H groups in total. The number of aromatic nitrogens is 1. The Morgan fingerprint density at radius 1 is 0.722 bits per heavy atom. The Bertz CT molecular complexity index is 2210. The number of carbonyl (C=O) groups is 4. The first-order valence-electron chi connectivity index (χ1n) is 17.8. The van der Waals surface area contributed by atoms with Gasteiger partial charge in [-0.1, -0.05) is 85.5 Å². The summed E-state index contributed by atoms with van der Waals surface area (Å²) in [4.78, 5) is 68.2. The molecule has 0 spiro atoms. The van der Waals surface area contributed by atoms with Gasteiger partial charge in [-0.2, -0.15) is 0 Å². The molecule has 0 radical (unpaired) electrons. The molecule has 5 aromatic rings. The van der Waals surface area contributed by atoms with Gasteiger partial charge in [-0.3, -0.25) is 9.59 Å². The average Bonchev–Trinajstić information content (AvgIpc) is 3.53. The minimum Gasteiger partial charge on any atom is -0.459 e. The Kier molecular flexibility index (Phi) is 11.2. The zero-order valence-electron chi connectivity index (χ0n) is 29.1. The van der Waals surface area contributed by atoms with Crippen molar-refractivity contribution < 1.29 is 38.1 Å². The van der Waals surface area contributed by atoms with E-state index in [2.05, 4.69) is 5.32 Å². The molecule has 1 aromatic heterocycles. The largest absolute Gasteiger partial charge is 0.459 e. The van der Waals surface area contributed by atoms with Crippen LogP contribution in [-0.2, 0) is 18.9 Å². The van der Waals surface area contributed by atoms with Gasteiger partial charge in [0.15, 0.2) is 18.4 Å². The van der Waals surface area contributed by atoms with E-state index in [0.29, 0.717) is 5.52 Å². The van der Waals surface area contributed by atoms with E-state index < -0.39 is 60.4 Å². The number of benzene rings is 4. The van der Waals surface area contributed by atoms with Crippen molar-refractivity contribution in [2.24, 2.45) is 0 Å². The number of fused-ring (bicyclic) bond motifs is 1. The molecule has 2 fully saturated rings. The second-order valence-corrected chi connectivity index (χ2v) is 13.7. The Labute approximate surface area is 315 Å². The van der Waals surface area contributed by atoms with Crippen LogP contribution in [-0.4, -0.2) is 59.3 Å². The molecule has 12 heteroatoms. The third-order valence-corrected chi connectivity index (χ3v) is 9.87. The molecule has 1 saturated heterocycles. The number of hydrogen-bond donors (Lipinski definition) is 1. The maximum absolute atomic E-state index is 13.9. The van der Waals surface area contributed by atoms with Gasteiger partial charge in [0.25, 0.3) is 5.91 Å². The van der Waals surface area contributed by atoms with Gasteiger partial charge in [-0.15, -0.1) is 0 Å². The molecule has 4 aromatic carbocycles. The first kappa shape index (κ1) is 36.6. The summed E-state index contributed by atoms with van der Waals surface area (Å²) in [5.41, 5.74) is 0.303. The second-order valence-electron chi connectivity index (χ2n) is 13.3. The molecule has 2 heterocycles. The van der Waals surface area contributed by atoms with Crippen LogP contribution in [0.3, 0.4) is 0 Å². The van der Waals surface area contributed by atoms with Gasteiger partial charge in [0.1, 0.15) is 18.3 Å². The summed E-state index contributed by atoms with van der Waals surface area (Å²) < 4.78 is 26.0. The molecule has 4 atom stereocenters. The van der Waals surface area contributed by atoms with E-state index in [-0.39, 0.29) is 38.7 Å². The van der Waals surface area contributed by atoms with Crippen LogP contribution in [0, 0.1) is 0 Å². The standard InChI is InChI=1S/C42H37ClN2O9/c43-29-21-22-33-31(23-29)35(46)32(38(47)44-30-19-11-4-12-20-30)24-45(33)39-37(54-42(50)28-17-9-3-10-18-28)36(53-41(49)27-15-7-2-8-16-27)34(52-39)25-51-40(48)26-13-5-1-6-14-26/h1-3,5-10,13-18,21-24,30,34,36-37,39H,4,11-12,19-20,25H2,(H,44,47)/t34-,36-,37-,39-/m1/s1. The van der Waals surface area contributed by atoms with Crippen molar-refractivity contribution in [3.05, 3.63) is 153 Å². The summed E-state index contributed by atoms with van der Waals surface area (Å²) >= 11 is 6.38. The van der Waals surface area contributed by atoms with Crippen molar-refractivity contribution >= 4 is 46.3 Å². The summed E-state index contributed by atoms with van der Waals surface area (Å²) in [6, 6.07) is 29.3. The number of amides is 1. The summed E-state index contributed by atoms with van der Waals surface area (Å²) in [7, 11) is 0. The molecule has 1 aliphatic carbocycles. The van der Waals surface area contributed by atoms with Gasteiger partial charge in [0.05, 0.1) is 22.2 Å². The van der Waals surface area contributed by atoms with Crippen LogP contribution < -0.4 is 10.7 Å². The highest BCUT2D eigenvalue weighted by Crippen LogP contribution is 2.37. The van der Waals surface area contributed by atoms with Crippen LogP contribution in [0.15, 0.2) is 120 Å². The molecule has 1 saturated carbocycles. The monoisotopic (exact) mass is 748 g/mol. The molecule has 54 heavy (non-hydrogen) atoms. The smallest absolute Gasteiger partial charge is 0.338 e. The number of hydrogen-bond acceptors (Lipinski definition) is 9. The molecular formula is C42H37ClN2O9. The van der Waals surface area contributed by atoms with Crippen LogP contribution in [0.25, 0.3) is 10.9 Å². The fourth-order valence-corrected chi connectivity index (χ4v) is 7.06. The average molecular weight is 749 g/mol. The van der Waals surface area contributed by atoms with Crippen molar-refractivity contribution in [2.45, 2.75) is 62.7 Å². The van der Waals surface area contributed by atoms with Crippen LogP contribution in [0.5, 0.6) is 0 Å². The fraction of sp³-hybridized carbons (Fsp3) is 0.262. The summed E-state index contributed by atoms with van der Waals surface area (Å²) in [6.07, 6.45) is 0.774. The van der Waals surface area contributed by atoms with Crippen LogP contribution in [0.4, 0.5) is 0 Å². The molecular weight excluding hydrogens is 712 g/mol. The highest BCUT2D eigenvalue weighted by Gasteiger charge is 2.51. The Morgan fingerprint density at radius 2 is 1.28 bits per heavy atom. The van der Waals surface area contributed by atoms with E-state index in [9.17, 15) is 24.0 Å². The molecule has 1 aliphatic heterocycles. The quantitative estimate of drug-likeness (QED) is 0.119. The lowest BCUT2D eigenvalue weighted by atomic mass is 9.95. The van der Waals surface area contributed by atoms with Crippen LogP contribution in [0.2, 0.25) is 5.02 Å². The third kappa shape index (κ3) is 8.07. The minimum absolute atomic E-state index is 0.0954. The van der Waals surface area contributed by atoms with E-state index in [1.807, 2.05) is 0 Å². The number of rotatable bonds is 10. The van der Waals surface area contributed by atoms with E-state index in [4.69, 9.17) is 30.5 Å². The maximum Gasteiger partial charge on any atom is 0.338 e. The Hall–Kier alpha value is -5.78. The van der Waals surface area contributed by atoms with Gasteiger partial charge in [0, 0.05) is 22.6 Å². The predicted octanol–water partition coefficient (Wildman–Crippen LogP) is 6.92. The summed E-state index contributed by atoms with van der Waals surface area (Å²) in [5.74, 6) is -2.72. The number of halogens is 1. The van der Waals surface area contributed by atoms with Crippen LogP contribution >= 0.6 is 11.6 Å². The SMILES string of the molecule is O=C(OC[C@H]1O[C@@H](n2cc(C(=O)NC3CCCCC3)c(=O)c3cc(Cl)ccc32)[C@H](OC(=O)c2ccccc2)[C@@H]1OC(=O)c1ccccc1)c1ccccc1. The van der Waals surface area contributed by atoms with Crippen molar-refractivity contribution in [2.75, 3.05) is 6.61 Å². The Balaban J connectivity index is 1.32. The number of ether oxygens (including phenoxy) is 4. The fourth-order valence-electron chi connectivity index (χ4n) is 6.89. The molecule has 0 unspecified atom stereocenters. The number of nitrogens with one attached hydrogen (secondary N) is 1. The van der Waals surface area contributed by atoms with E-state index >= 15 is 0 Å². The summed E-state index contributed by atoms with van der Waals surface area (Å²) in [5, 5.41) is 3.39. The second kappa shape index (κ2) is 16.5. The molecule has 7 rings (SSSR count). The van der Waals surface area contributed by atoms with Crippen molar-refractivity contribution in [1.82, 2.24) is 9.88 Å². The van der Waals surface area contributed by atoms with Crippen LogP contribution in [0.1, 0.15) is 79.8 Å². The van der Waals surface area contributed by atoms with Gasteiger partial charge in [-0.25, -0.2) is 14.4 Å². The number of esters is 3. The third-order valence-electron chi connectivity index (χ3n) is 9.63. The zero-order chi connectivity index (χ0) is 37.6. The molecule has 11 nitrogen and oxygen atoms in total. The highest BCUT2D eigenvalue weighted by molar-refractivity contribution is 6.31. The van der Waals surface area contributed by atoms with E-state index in [1.165, 1.54) is 16.8 Å².